The summed E-state index contributed by atoms with van der Waals surface area (Å²) in [5, 5.41) is 0. The lowest BCUT2D eigenvalue weighted by atomic mass is 10.5. The SMILES string of the molecule is C=CCN(C)CC1OCCO1. The molecule has 11 heavy (non-hydrogen) atoms. The van der Waals surface area contributed by atoms with Gasteiger partial charge in [-0.05, 0) is 7.05 Å². The van der Waals surface area contributed by atoms with Gasteiger partial charge >= 0.3 is 0 Å². The standard InChI is InChI=1S/C8H15NO2/c1-3-4-9(2)7-8-10-5-6-11-8/h3,8H,1,4-7H2,2H3. The number of likely N-dealkylation sites (N-methyl/N-ethyl adjacent to an activating group) is 1. The van der Waals surface area contributed by atoms with Gasteiger partial charge in [0.15, 0.2) is 6.29 Å². The first-order valence-corrected chi connectivity index (χ1v) is 3.85. The second-order valence-electron chi connectivity index (χ2n) is 2.68. The van der Waals surface area contributed by atoms with Crippen molar-refractivity contribution >= 4 is 0 Å². The van der Waals surface area contributed by atoms with Gasteiger partial charge in [0.2, 0.25) is 0 Å². The Morgan fingerprint density at radius 3 is 2.73 bits per heavy atom. The number of nitrogens with zero attached hydrogens (tertiary/aromatic N) is 1. The molecule has 1 fully saturated rings. The third kappa shape index (κ3) is 3.01. The quantitative estimate of drug-likeness (QED) is 0.554. The van der Waals surface area contributed by atoms with Crippen molar-refractivity contribution in [3.8, 4) is 0 Å². The third-order valence-corrected chi connectivity index (χ3v) is 1.59. The summed E-state index contributed by atoms with van der Waals surface area (Å²) in [6.45, 7) is 6.81. The minimum atomic E-state index is -0.0278. The Hall–Kier alpha value is -0.380. The first-order chi connectivity index (χ1) is 5.33. The van der Waals surface area contributed by atoms with Crippen LogP contribution in [0.5, 0.6) is 0 Å². The molecule has 0 aromatic rings. The summed E-state index contributed by atoms with van der Waals surface area (Å²) in [6.07, 6.45) is 1.84. The average Bonchev–Trinajstić information content (AvgIpc) is 2.40. The van der Waals surface area contributed by atoms with E-state index >= 15 is 0 Å². The molecule has 1 saturated heterocycles. The van der Waals surface area contributed by atoms with Crippen LogP contribution in [-0.4, -0.2) is 44.5 Å². The Morgan fingerprint density at radius 2 is 2.18 bits per heavy atom. The fraction of sp³-hybridized carbons (Fsp3) is 0.750. The summed E-state index contributed by atoms with van der Waals surface area (Å²) in [5.74, 6) is 0. The van der Waals surface area contributed by atoms with Gasteiger partial charge in [0.1, 0.15) is 0 Å². The highest BCUT2D eigenvalue weighted by Crippen LogP contribution is 2.04. The van der Waals surface area contributed by atoms with Gasteiger partial charge in [-0.1, -0.05) is 6.08 Å². The Labute approximate surface area is 67.6 Å². The molecule has 0 bridgehead atoms. The van der Waals surface area contributed by atoms with E-state index in [2.05, 4.69) is 11.5 Å². The molecular weight excluding hydrogens is 142 g/mol. The predicted molar refractivity (Wildman–Crippen MR) is 43.4 cm³/mol. The maximum Gasteiger partial charge on any atom is 0.170 e. The highest BCUT2D eigenvalue weighted by atomic mass is 16.7. The van der Waals surface area contributed by atoms with E-state index < -0.39 is 0 Å². The van der Waals surface area contributed by atoms with Crippen LogP contribution in [0.15, 0.2) is 12.7 Å². The molecule has 0 aromatic heterocycles. The number of ether oxygens (including phenoxy) is 2. The molecule has 1 rings (SSSR count). The Kier molecular flexibility index (Phi) is 3.56. The zero-order valence-corrected chi connectivity index (χ0v) is 6.95. The van der Waals surface area contributed by atoms with Gasteiger partial charge in [0, 0.05) is 13.1 Å². The zero-order chi connectivity index (χ0) is 8.10. The summed E-state index contributed by atoms with van der Waals surface area (Å²) >= 11 is 0. The average molecular weight is 157 g/mol. The van der Waals surface area contributed by atoms with E-state index in [-0.39, 0.29) is 6.29 Å². The van der Waals surface area contributed by atoms with Crippen LogP contribution in [0.2, 0.25) is 0 Å². The number of rotatable bonds is 4. The lowest BCUT2D eigenvalue weighted by Crippen LogP contribution is -2.29. The van der Waals surface area contributed by atoms with Crippen LogP contribution in [0.1, 0.15) is 0 Å². The summed E-state index contributed by atoms with van der Waals surface area (Å²) in [6, 6.07) is 0. The zero-order valence-electron chi connectivity index (χ0n) is 6.95. The van der Waals surface area contributed by atoms with Gasteiger partial charge in [-0.2, -0.15) is 0 Å². The highest BCUT2D eigenvalue weighted by Gasteiger charge is 2.16. The minimum Gasteiger partial charge on any atom is -0.349 e. The largest absolute Gasteiger partial charge is 0.349 e. The minimum absolute atomic E-state index is 0.0278. The molecule has 0 amide bonds. The molecule has 0 aliphatic carbocycles. The van der Waals surface area contributed by atoms with E-state index in [1.807, 2.05) is 13.1 Å². The monoisotopic (exact) mass is 157 g/mol. The highest BCUT2D eigenvalue weighted by molar-refractivity contribution is 4.72. The predicted octanol–water partition coefficient (Wildman–Crippen LogP) is 0.477. The Balaban J connectivity index is 2.12. The molecule has 1 aliphatic rings. The van der Waals surface area contributed by atoms with Gasteiger partial charge in [-0.3, -0.25) is 4.90 Å². The Morgan fingerprint density at radius 1 is 1.55 bits per heavy atom. The molecule has 0 N–H and O–H groups in total. The van der Waals surface area contributed by atoms with E-state index in [4.69, 9.17) is 9.47 Å². The molecular formula is C8H15NO2. The van der Waals surface area contributed by atoms with Crippen molar-refractivity contribution in [3.63, 3.8) is 0 Å². The van der Waals surface area contributed by atoms with Gasteiger partial charge in [0.25, 0.3) is 0 Å². The molecule has 3 heteroatoms. The first kappa shape index (κ1) is 8.71. The molecule has 0 saturated carbocycles. The van der Waals surface area contributed by atoms with Gasteiger partial charge in [0.05, 0.1) is 13.2 Å². The van der Waals surface area contributed by atoms with Crippen molar-refractivity contribution in [2.24, 2.45) is 0 Å². The van der Waals surface area contributed by atoms with Crippen molar-refractivity contribution in [2.75, 3.05) is 33.4 Å². The van der Waals surface area contributed by atoms with Crippen LogP contribution in [0.3, 0.4) is 0 Å². The molecule has 0 spiro atoms. The number of hydrogen-bond acceptors (Lipinski definition) is 3. The second-order valence-corrected chi connectivity index (χ2v) is 2.68. The van der Waals surface area contributed by atoms with E-state index in [0.717, 1.165) is 26.3 Å². The van der Waals surface area contributed by atoms with Gasteiger partial charge in [-0.15, -0.1) is 6.58 Å². The van der Waals surface area contributed by atoms with Gasteiger partial charge < -0.3 is 9.47 Å². The molecule has 1 heterocycles. The van der Waals surface area contributed by atoms with Crippen LogP contribution in [-0.2, 0) is 9.47 Å². The lowest BCUT2D eigenvalue weighted by Gasteiger charge is -2.17. The van der Waals surface area contributed by atoms with Crippen molar-refractivity contribution in [2.45, 2.75) is 6.29 Å². The topological polar surface area (TPSA) is 21.7 Å². The molecule has 0 atom stereocenters. The molecule has 3 nitrogen and oxygen atoms in total. The second kappa shape index (κ2) is 4.49. The van der Waals surface area contributed by atoms with Crippen molar-refractivity contribution in [1.82, 2.24) is 4.90 Å². The van der Waals surface area contributed by atoms with E-state index in [1.54, 1.807) is 0 Å². The van der Waals surface area contributed by atoms with E-state index in [0.29, 0.717) is 0 Å². The maximum absolute atomic E-state index is 5.27. The summed E-state index contributed by atoms with van der Waals surface area (Å²) < 4.78 is 10.5. The smallest absolute Gasteiger partial charge is 0.170 e. The molecule has 1 aliphatic heterocycles. The van der Waals surface area contributed by atoms with Crippen molar-refractivity contribution in [3.05, 3.63) is 12.7 Å². The summed E-state index contributed by atoms with van der Waals surface area (Å²) in [5.41, 5.74) is 0. The van der Waals surface area contributed by atoms with Crippen LogP contribution in [0, 0.1) is 0 Å². The number of hydrogen-bond donors (Lipinski definition) is 0. The lowest BCUT2D eigenvalue weighted by molar-refractivity contribution is -0.0566. The van der Waals surface area contributed by atoms with Crippen molar-refractivity contribution in [1.29, 1.82) is 0 Å². The summed E-state index contributed by atoms with van der Waals surface area (Å²) in [4.78, 5) is 2.11. The molecule has 0 radical (unpaired) electrons. The normalized spacial score (nSPS) is 19.5. The molecule has 64 valence electrons. The van der Waals surface area contributed by atoms with Gasteiger partial charge in [-0.25, -0.2) is 0 Å². The maximum atomic E-state index is 5.27. The van der Waals surface area contributed by atoms with Crippen LogP contribution < -0.4 is 0 Å². The van der Waals surface area contributed by atoms with Crippen molar-refractivity contribution < 1.29 is 9.47 Å². The van der Waals surface area contributed by atoms with Crippen LogP contribution >= 0.6 is 0 Å². The fourth-order valence-corrected chi connectivity index (χ4v) is 1.06. The molecule has 0 unspecified atom stereocenters. The summed E-state index contributed by atoms with van der Waals surface area (Å²) in [7, 11) is 2.02. The van der Waals surface area contributed by atoms with Crippen LogP contribution in [0.4, 0.5) is 0 Å². The van der Waals surface area contributed by atoms with E-state index in [9.17, 15) is 0 Å². The van der Waals surface area contributed by atoms with E-state index in [1.165, 1.54) is 0 Å². The third-order valence-electron chi connectivity index (χ3n) is 1.59. The molecule has 0 aromatic carbocycles. The Bertz CT molecular complexity index is 121. The van der Waals surface area contributed by atoms with Crippen LogP contribution in [0.25, 0.3) is 0 Å². The first-order valence-electron chi connectivity index (χ1n) is 3.85. The fourth-order valence-electron chi connectivity index (χ4n) is 1.06.